The van der Waals surface area contributed by atoms with Gasteiger partial charge in [-0.15, -0.1) is 0 Å². The largest absolute Gasteiger partial charge is 0.480 e. The lowest BCUT2D eigenvalue weighted by Gasteiger charge is -2.20. The van der Waals surface area contributed by atoms with Crippen LogP contribution in [0.15, 0.2) is 18.2 Å². The molecule has 0 aliphatic carbocycles. The Morgan fingerprint density at radius 3 is 2.52 bits per heavy atom. The summed E-state index contributed by atoms with van der Waals surface area (Å²) in [5.41, 5.74) is 7.00. The highest BCUT2D eigenvalue weighted by molar-refractivity contribution is 7.34. The quantitative estimate of drug-likeness (QED) is 0.467. The molecule has 0 heterocycles. The molecule has 0 saturated heterocycles. The molecule has 5 N–H and O–H groups in total. The average molecular weight is 341 g/mol. The average Bonchev–Trinajstić information content (AvgIpc) is 2.38. The number of rotatable bonds is 6. The van der Waals surface area contributed by atoms with Gasteiger partial charge < -0.3 is 15.6 Å². The van der Waals surface area contributed by atoms with Crippen molar-refractivity contribution >= 4 is 32.2 Å². The van der Waals surface area contributed by atoms with E-state index < -0.39 is 23.7 Å². The molecule has 8 heteroatoms. The number of nitrogens with one attached hydrogen (secondary N) is 2. The normalized spacial score (nSPS) is 13.0. The van der Waals surface area contributed by atoms with Crippen LogP contribution in [0.5, 0.6) is 0 Å². The van der Waals surface area contributed by atoms with Gasteiger partial charge in [0.2, 0.25) is 0 Å². The topological polar surface area (TPSA) is 114 Å². The minimum absolute atomic E-state index is 0.273. The van der Waals surface area contributed by atoms with Crippen molar-refractivity contribution in [2.45, 2.75) is 38.8 Å². The molecule has 1 aromatic carbocycles. The van der Waals surface area contributed by atoms with Crippen molar-refractivity contribution in [3.05, 3.63) is 23.8 Å². The third kappa shape index (κ3) is 6.84. The first-order valence-corrected chi connectivity index (χ1v) is 8.66. The van der Waals surface area contributed by atoms with E-state index >= 15 is 0 Å². The summed E-state index contributed by atoms with van der Waals surface area (Å²) in [7, 11) is 0.323. The Hall–Kier alpha value is -1.85. The van der Waals surface area contributed by atoms with E-state index in [1.165, 1.54) is 0 Å². The van der Waals surface area contributed by atoms with Crippen LogP contribution in [0.2, 0.25) is 0 Å². The number of carbonyl (C=O) groups is 2. The van der Waals surface area contributed by atoms with Crippen molar-refractivity contribution in [1.29, 1.82) is 0 Å². The van der Waals surface area contributed by atoms with Crippen LogP contribution in [0.4, 0.5) is 16.2 Å². The second kappa shape index (κ2) is 8.13. The summed E-state index contributed by atoms with van der Waals surface area (Å²) < 4.78 is 5.16. The molecule has 23 heavy (non-hydrogen) atoms. The number of ether oxygens (including phenoxy) is 1. The van der Waals surface area contributed by atoms with Gasteiger partial charge in [-0.25, -0.2) is 4.79 Å². The molecule has 0 radical (unpaired) electrons. The van der Waals surface area contributed by atoms with E-state index in [0.717, 1.165) is 0 Å². The van der Waals surface area contributed by atoms with E-state index in [4.69, 9.17) is 15.6 Å². The fraction of sp³-hybridized carbons (Fsp3) is 0.467. The molecule has 0 fully saturated rings. The van der Waals surface area contributed by atoms with Gasteiger partial charge in [0.1, 0.15) is 11.6 Å². The summed E-state index contributed by atoms with van der Waals surface area (Å²) in [6, 6.07) is 4.28. The van der Waals surface area contributed by atoms with Gasteiger partial charge in [0.05, 0.1) is 0 Å². The van der Waals surface area contributed by atoms with Crippen molar-refractivity contribution in [2.24, 2.45) is 0 Å². The molecule has 0 spiro atoms. The number of carbonyl (C=O) groups excluding carboxylic acids is 1. The molecule has 128 valence electrons. The summed E-state index contributed by atoms with van der Waals surface area (Å²) in [6.45, 7) is 7.19. The highest BCUT2D eigenvalue weighted by atomic mass is 31.1. The van der Waals surface area contributed by atoms with Gasteiger partial charge in [0.15, 0.2) is 0 Å². The molecule has 1 rings (SSSR count). The Kier molecular flexibility index (Phi) is 6.79. The fourth-order valence-electron chi connectivity index (χ4n) is 1.87. The van der Waals surface area contributed by atoms with Gasteiger partial charge in [-0.3, -0.25) is 15.2 Å². The van der Waals surface area contributed by atoms with E-state index in [9.17, 15) is 9.59 Å². The number of aliphatic carboxylic acids is 1. The van der Waals surface area contributed by atoms with Gasteiger partial charge in [0.25, 0.3) is 0 Å². The van der Waals surface area contributed by atoms with Crippen molar-refractivity contribution in [3.63, 3.8) is 0 Å². The van der Waals surface area contributed by atoms with Gasteiger partial charge in [0, 0.05) is 17.8 Å². The summed E-state index contributed by atoms with van der Waals surface area (Å²) in [4.78, 5) is 22.9. The van der Waals surface area contributed by atoms with Crippen LogP contribution in [0.1, 0.15) is 26.3 Å². The van der Waals surface area contributed by atoms with E-state index in [1.54, 1.807) is 39.0 Å². The first-order chi connectivity index (χ1) is 10.6. The second-order valence-corrected chi connectivity index (χ2v) is 6.82. The molecular weight excluding hydrogens is 317 g/mol. The van der Waals surface area contributed by atoms with Crippen LogP contribution in [-0.2, 0) is 16.0 Å². The van der Waals surface area contributed by atoms with E-state index in [2.05, 4.69) is 10.4 Å². The molecule has 0 saturated carbocycles. The third-order valence-electron chi connectivity index (χ3n) is 2.83. The third-order valence-corrected chi connectivity index (χ3v) is 3.47. The summed E-state index contributed by atoms with van der Waals surface area (Å²) >= 11 is 0. The standard InChI is InChI=1S/C15H24N3O4P/c1-15(2,3)22-14(21)17-10-6-5-9(11(16)8-10)7-12(13(19)20)18-23-4/h5-6,8,12,18,23H,7,16H2,1-4H3,(H,17,21)(H,19,20). The minimum Gasteiger partial charge on any atom is -0.480 e. The van der Waals surface area contributed by atoms with E-state index in [0.29, 0.717) is 25.7 Å². The number of hydrogen-bond acceptors (Lipinski definition) is 5. The maximum absolute atomic E-state index is 11.7. The fourth-order valence-corrected chi connectivity index (χ4v) is 2.45. The van der Waals surface area contributed by atoms with Crippen molar-refractivity contribution < 1.29 is 19.4 Å². The van der Waals surface area contributed by atoms with Crippen LogP contribution < -0.4 is 16.1 Å². The first-order valence-electron chi connectivity index (χ1n) is 7.16. The lowest BCUT2D eigenvalue weighted by Crippen LogP contribution is -2.33. The maximum Gasteiger partial charge on any atom is 0.412 e. The Balaban J connectivity index is 2.78. The molecule has 2 unspecified atom stereocenters. The van der Waals surface area contributed by atoms with Crippen LogP contribution in [0.3, 0.4) is 0 Å². The Morgan fingerprint density at radius 1 is 1.39 bits per heavy atom. The van der Waals surface area contributed by atoms with Gasteiger partial charge in [-0.05, 0) is 45.1 Å². The van der Waals surface area contributed by atoms with Gasteiger partial charge >= 0.3 is 12.1 Å². The number of nitrogen functional groups attached to an aromatic ring is 1. The maximum atomic E-state index is 11.7. The Bertz CT molecular complexity index is 572. The number of benzene rings is 1. The number of nitrogens with two attached hydrogens (primary N) is 1. The SMILES string of the molecule is CPNC(Cc1ccc(NC(=O)OC(C)(C)C)cc1N)C(=O)O. The molecule has 7 nitrogen and oxygen atoms in total. The zero-order valence-corrected chi connectivity index (χ0v) is 14.8. The number of hydrogen-bond donors (Lipinski definition) is 4. The van der Waals surface area contributed by atoms with Gasteiger partial charge in [-0.2, -0.15) is 0 Å². The number of carboxylic acid groups (broad SMARTS) is 1. The minimum atomic E-state index is -0.922. The van der Waals surface area contributed by atoms with E-state index in [1.807, 2.05) is 6.66 Å². The van der Waals surface area contributed by atoms with Crippen LogP contribution in [0.25, 0.3) is 0 Å². The number of carboxylic acids is 1. The summed E-state index contributed by atoms with van der Waals surface area (Å²) in [5.74, 6) is -0.922. The molecule has 0 bridgehead atoms. The number of anilines is 2. The zero-order valence-electron chi connectivity index (χ0n) is 13.8. The molecule has 0 aliphatic rings. The first kappa shape index (κ1) is 19.2. The molecule has 0 aliphatic heterocycles. The lowest BCUT2D eigenvalue weighted by molar-refractivity contribution is -0.138. The van der Waals surface area contributed by atoms with Crippen molar-refractivity contribution in [3.8, 4) is 0 Å². The van der Waals surface area contributed by atoms with Crippen molar-refractivity contribution in [2.75, 3.05) is 17.7 Å². The monoisotopic (exact) mass is 341 g/mol. The predicted molar refractivity (Wildman–Crippen MR) is 93.2 cm³/mol. The zero-order chi connectivity index (χ0) is 17.6. The number of amides is 1. The predicted octanol–water partition coefficient (Wildman–Crippen LogP) is 2.42. The van der Waals surface area contributed by atoms with E-state index in [-0.39, 0.29) is 6.42 Å². The molecule has 0 aromatic heterocycles. The van der Waals surface area contributed by atoms with Crippen LogP contribution in [0, 0.1) is 0 Å². The molecule has 2 atom stereocenters. The second-order valence-electron chi connectivity index (χ2n) is 6.03. The highest BCUT2D eigenvalue weighted by Crippen LogP contribution is 2.21. The van der Waals surface area contributed by atoms with Crippen molar-refractivity contribution in [1.82, 2.24) is 5.09 Å². The smallest absolute Gasteiger partial charge is 0.412 e. The lowest BCUT2D eigenvalue weighted by atomic mass is 10.0. The van der Waals surface area contributed by atoms with Gasteiger partial charge in [-0.1, -0.05) is 14.8 Å². The summed E-state index contributed by atoms with van der Waals surface area (Å²) in [5, 5.41) is 14.7. The molecular formula is C15H24N3O4P. The highest BCUT2D eigenvalue weighted by Gasteiger charge is 2.19. The summed E-state index contributed by atoms with van der Waals surface area (Å²) in [6.07, 6.45) is -0.295. The Labute approximate surface area is 137 Å². The molecule has 1 aromatic rings. The Morgan fingerprint density at radius 2 is 2.04 bits per heavy atom. The van der Waals surface area contributed by atoms with Crippen LogP contribution >= 0.6 is 8.73 Å². The molecule has 1 amide bonds. The van der Waals surface area contributed by atoms with Crippen LogP contribution in [-0.4, -0.2) is 35.5 Å².